The molecule has 0 aliphatic heterocycles. The zero-order valence-electron chi connectivity index (χ0n) is 14.0. The van der Waals surface area contributed by atoms with E-state index in [1.165, 1.54) is 0 Å². The van der Waals surface area contributed by atoms with Crippen molar-refractivity contribution in [2.24, 2.45) is 0 Å². The molecule has 3 rings (SSSR count). The van der Waals surface area contributed by atoms with Crippen molar-refractivity contribution in [1.29, 1.82) is 0 Å². The molecule has 2 heterocycles. The Hall–Kier alpha value is -2.80. The number of aryl methyl sites for hydroxylation is 2. The van der Waals surface area contributed by atoms with Gasteiger partial charge in [-0.2, -0.15) is 0 Å². The number of H-pyrrole nitrogens is 1. The van der Waals surface area contributed by atoms with Gasteiger partial charge < -0.3 is 10.3 Å². The fraction of sp³-hybridized carbons (Fsp3) is 0.222. The Bertz CT molecular complexity index is 931. The molecule has 0 fully saturated rings. The number of rotatable bonds is 5. The molecule has 0 bridgehead atoms. The fourth-order valence-corrected chi connectivity index (χ4v) is 3.21. The number of hydrogen-bond acceptors (Lipinski definition) is 5. The van der Waals surface area contributed by atoms with Gasteiger partial charge in [0, 0.05) is 40.5 Å². The minimum Gasteiger partial charge on any atom is -0.326 e. The van der Waals surface area contributed by atoms with Crippen LogP contribution >= 0.6 is 11.3 Å². The fourth-order valence-electron chi connectivity index (χ4n) is 2.57. The van der Waals surface area contributed by atoms with Crippen molar-refractivity contribution in [2.75, 3.05) is 5.32 Å². The molecule has 25 heavy (non-hydrogen) atoms. The van der Waals surface area contributed by atoms with Gasteiger partial charge in [0.1, 0.15) is 10.8 Å². The number of anilines is 1. The quantitative estimate of drug-likeness (QED) is 0.737. The Balaban J connectivity index is 1.61. The summed E-state index contributed by atoms with van der Waals surface area (Å²) < 4.78 is 0. The first-order chi connectivity index (χ1) is 12.0. The van der Waals surface area contributed by atoms with Crippen LogP contribution < -0.4 is 10.9 Å². The van der Waals surface area contributed by atoms with Gasteiger partial charge in [0.15, 0.2) is 0 Å². The summed E-state index contributed by atoms with van der Waals surface area (Å²) in [5.41, 5.74) is 2.78. The zero-order chi connectivity index (χ0) is 17.8. The molecule has 0 aliphatic rings. The van der Waals surface area contributed by atoms with Crippen molar-refractivity contribution in [3.8, 4) is 10.6 Å². The second-order valence-corrected chi connectivity index (χ2v) is 6.57. The average molecular weight is 354 g/mol. The van der Waals surface area contributed by atoms with E-state index in [1.54, 1.807) is 31.4 Å². The SMILES string of the molecule is Cc1nc(C)c(CCC(=O)Nc2ccc(-c3nccs3)cc2)c(=O)[nH]1. The molecule has 0 spiro atoms. The Morgan fingerprint density at radius 3 is 2.64 bits per heavy atom. The Morgan fingerprint density at radius 1 is 1.24 bits per heavy atom. The lowest BCUT2D eigenvalue weighted by molar-refractivity contribution is -0.116. The average Bonchev–Trinajstić information content (AvgIpc) is 3.09. The molecule has 128 valence electrons. The second kappa shape index (κ2) is 7.40. The van der Waals surface area contributed by atoms with E-state index < -0.39 is 0 Å². The van der Waals surface area contributed by atoms with Gasteiger partial charge in [-0.25, -0.2) is 9.97 Å². The lowest BCUT2D eigenvalue weighted by atomic mass is 10.1. The first-order valence-electron chi connectivity index (χ1n) is 7.89. The first-order valence-corrected chi connectivity index (χ1v) is 8.77. The summed E-state index contributed by atoms with van der Waals surface area (Å²) in [6, 6.07) is 7.54. The number of thiazole rings is 1. The molecule has 7 heteroatoms. The third kappa shape index (κ3) is 4.19. The first kappa shape index (κ1) is 17.0. The molecule has 0 saturated heterocycles. The molecule has 3 aromatic rings. The number of nitrogens with one attached hydrogen (secondary N) is 2. The summed E-state index contributed by atoms with van der Waals surface area (Å²) in [5.74, 6) is 0.442. The van der Waals surface area contributed by atoms with Crippen LogP contribution in [0.4, 0.5) is 5.69 Å². The van der Waals surface area contributed by atoms with E-state index in [-0.39, 0.29) is 17.9 Å². The van der Waals surface area contributed by atoms with Gasteiger partial charge in [-0.05, 0) is 44.5 Å². The standard InChI is InChI=1S/C18H18N4O2S/c1-11-15(17(24)21-12(2)20-11)7-8-16(23)22-14-5-3-13(4-6-14)18-19-9-10-25-18/h3-6,9-10H,7-8H2,1-2H3,(H,22,23)(H,20,21,24). The van der Waals surface area contributed by atoms with E-state index >= 15 is 0 Å². The van der Waals surface area contributed by atoms with Crippen molar-refractivity contribution >= 4 is 22.9 Å². The summed E-state index contributed by atoms with van der Waals surface area (Å²) in [6.07, 6.45) is 2.35. The van der Waals surface area contributed by atoms with Crippen LogP contribution in [0.3, 0.4) is 0 Å². The summed E-state index contributed by atoms with van der Waals surface area (Å²) >= 11 is 1.57. The van der Waals surface area contributed by atoms with E-state index in [0.29, 0.717) is 23.5 Å². The third-order valence-electron chi connectivity index (χ3n) is 3.79. The third-order valence-corrected chi connectivity index (χ3v) is 4.61. The number of nitrogens with zero attached hydrogens (tertiary/aromatic N) is 2. The van der Waals surface area contributed by atoms with Crippen molar-refractivity contribution in [1.82, 2.24) is 15.0 Å². The molecule has 1 aromatic carbocycles. The molecule has 0 atom stereocenters. The maximum absolute atomic E-state index is 12.1. The summed E-state index contributed by atoms with van der Waals surface area (Å²) in [7, 11) is 0. The van der Waals surface area contributed by atoms with Crippen LogP contribution in [0.25, 0.3) is 10.6 Å². The van der Waals surface area contributed by atoms with Gasteiger partial charge in [0.25, 0.3) is 5.56 Å². The molecule has 2 N–H and O–H groups in total. The predicted octanol–water partition coefficient (Wildman–Crippen LogP) is 3.08. The van der Waals surface area contributed by atoms with E-state index in [9.17, 15) is 9.59 Å². The van der Waals surface area contributed by atoms with Gasteiger partial charge in [0.05, 0.1) is 0 Å². The highest BCUT2D eigenvalue weighted by molar-refractivity contribution is 7.13. The van der Waals surface area contributed by atoms with Crippen molar-refractivity contribution < 1.29 is 4.79 Å². The predicted molar refractivity (Wildman–Crippen MR) is 98.8 cm³/mol. The highest BCUT2D eigenvalue weighted by Crippen LogP contribution is 2.23. The normalized spacial score (nSPS) is 10.6. The Morgan fingerprint density at radius 2 is 2.00 bits per heavy atom. The van der Waals surface area contributed by atoms with E-state index in [4.69, 9.17) is 0 Å². The maximum atomic E-state index is 12.1. The smallest absolute Gasteiger partial charge is 0.254 e. The minimum atomic E-state index is -0.175. The maximum Gasteiger partial charge on any atom is 0.254 e. The molecule has 0 unspecified atom stereocenters. The van der Waals surface area contributed by atoms with Gasteiger partial charge >= 0.3 is 0 Å². The minimum absolute atomic E-state index is 0.138. The van der Waals surface area contributed by atoms with Gasteiger partial charge in [-0.1, -0.05) is 0 Å². The molecule has 6 nitrogen and oxygen atoms in total. The zero-order valence-corrected chi connectivity index (χ0v) is 14.8. The van der Waals surface area contributed by atoms with Crippen LogP contribution in [0.15, 0.2) is 40.6 Å². The summed E-state index contributed by atoms with van der Waals surface area (Å²) in [5, 5.41) is 5.72. The van der Waals surface area contributed by atoms with Crippen LogP contribution in [0.2, 0.25) is 0 Å². The van der Waals surface area contributed by atoms with Crippen LogP contribution in [0.5, 0.6) is 0 Å². The molecule has 0 saturated carbocycles. The highest BCUT2D eigenvalue weighted by atomic mass is 32.1. The Labute approximate surface area is 149 Å². The van der Waals surface area contributed by atoms with Gasteiger partial charge in [0.2, 0.25) is 5.91 Å². The lowest BCUT2D eigenvalue weighted by Crippen LogP contribution is -2.20. The number of carbonyl (C=O) groups excluding carboxylic acids is 1. The topological polar surface area (TPSA) is 87.7 Å². The van der Waals surface area contributed by atoms with Crippen LogP contribution in [-0.4, -0.2) is 20.9 Å². The second-order valence-electron chi connectivity index (χ2n) is 5.68. The Kier molecular flexibility index (Phi) is 5.04. The summed E-state index contributed by atoms with van der Waals surface area (Å²) in [6.45, 7) is 3.52. The molecule has 1 amide bonds. The number of carbonyl (C=O) groups is 1. The number of amides is 1. The molecular weight excluding hydrogens is 336 g/mol. The van der Waals surface area contributed by atoms with Crippen molar-refractivity contribution in [2.45, 2.75) is 26.7 Å². The molecule has 0 aliphatic carbocycles. The van der Waals surface area contributed by atoms with Crippen LogP contribution in [-0.2, 0) is 11.2 Å². The van der Waals surface area contributed by atoms with Gasteiger partial charge in [-0.15, -0.1) is 11.3 Å². The molecule has 2 aromatic heterocycles. The summed E-state index contributed by atoms with van der Waals surface area (Å²) in [4.78, 5) is 35.2. The van der Waals surface area contributed by atoms with Crippen molar-refractivity contribution in [3.63, 3.8) is 0 Å². The number of aromatic amines is 1. The lowest BCUT2D eigenvalue weighted by Gasteiger charge is -2.07. The van der Waals surface area contributed by atoms with E-state index in [0.717, 1.165) is 16.3 Å². The number of aromatic nitrogens is 3. The largest absolute Gasteiger partial charge is 0.326 e. The van der Waals surface area contributed by atoms with E-state index in [1.807, 2.05) is 29.6 Å². The number of benzene rings is 1. The molecule has 0 radical (unpaired) electrons. The number of hydrogen-bond donors (Lipinski definition) is 2. The van der Waals surface area contributed by atoms with Crippen LogP contribution in [0, 0.1) is 13.8 Å². The van der Waals surface area contributed by atoms with Gasteiger partial charge in [-0.3, -0.25) is 9.59 Å². The molecular formula is C18H18N4O2S. The van der Waals surface area contributed by atoms with Crippen LogP contribution in [0.1, 0.15) is 23.5 Å². The monoisotopic (exact) mass is 354 g/mol. The van der Waals surface area contributed by atoms with E-state index in [2.05, 4.69) is 20.3 Å². The van der Waals surface area contributed by atoms with Crippen molar-refractivity contribution in [3.05, 3.63) is 63.3 Å². The highest BCUT2D eigenvalue weighted by Gasteiger charge is 2.10.